The zero-order chi connectivity index (χ0) is 7.82. The first kappa shape index (κ1) is 9.17. The zero-order valence-corrected chi connectivity index (χ0v) is 6.22. The number of nitrogens with one attached hydrogen (secondary N) is 1. The molecule has 0 atom stereocenters. The van der Waals surface area contributed by atoms with Gasteiger partial charge in [0.1, 0.15) is 6.73 Å². The van der Waals surface area contributed by atoms with Crippen molar-refractivity contribution < 1.29 is 9.53 Å². The molecule has 58 valence electrons. The van der Waals surface area contributed by atoms with Gasteiger partial charge in [0.25, 0.3) is 0 Å². The summed E-state index contributed by atoms with van der Waals surface area (Å²) in [5, 5.41) is 2.56. The highest BCUT2D eigenvalue weighted by molar-refractivity contribution is 5.75. The van der Waals surface area contributed by atoms with Gasteiger partial charge in [-0.3, -0.25) is 4.79 Å². The molecule has 0 unspecified atom stereocenters. The molecule has 0 aliphatic heterocycles. The molecule has 3 heteroatoms. The van der Waals surface area contributed by atoms with Crippen molar-refractivity contribution in [2.45, 2.75) is 13.3 Å². The second-order valence-corrected chi connectivity index (χ2v) is 1.76. The quantitative estimate of drug-likeness (QED) is 0.349. The van der Waals surface area contributed by atoms with Crippen molar-refractivity contribution in [1.82, 2.24) is 5.32 Å². The molecule has 0 aromatic heterocycles. The highest BCUT2D eigenvalue weighted by Crippen LogP contribution is 1.75. The lowest BCUT2D eigenvalue weighted by Crippen LogP contribution is -2.24. The third-order valence-corrected chi connectivity index (χ3v) is 0.928. The minimum atomic E-state index is 0.00376. The van der Waals surface area contributed by atoms with Gasteiger partial charge in [-0.25, -0.2) is 0 Å². The van der Waals surface area contributed by atoms with E-state index in [4.69, 9.17) is 4.74 Å². The summed E-state index contributed by atoms with van der Waals surface area (Å²) in [5.74, 6) is 0.00376. The molecule has 0 aliphatic rings. The second kappa shape index (κ2) is 6.29. The molecule has 1 N–H and O–H groups in total. The molecule has 0 bridgehead atoms. The largest absolute Gasteiger partial charge is 0.357 e. The van der Waals surface area contributed by atoms with E-state index in [0.717, 1.165) is 0 Å². The fraction of sp³-hybridized carbons (Fsp3) is 0.571. The van der Waals surface area contributed by atoms with E-state index < -0.39 is 0 Å². The van der Waals surface area contributed by atoms with E-state index in [-0.39, 0.29) is 12.6 Å². The molecule has 0 saturated carbocycles. The first-order chi connectivity index (χ1) is 4.81. The Balaban J connectivity index is 3.03. The summed E-state index contributed by atoms with van der Waals surface area (Å²) < 4.78 is 4.91. The summed E-state index contributed by atoms with van der Waals surface area (Å²) in [5.41, 5.74) is 0. The molecule has 0 aromatic carbocycles. The SMILES string of the molecule is C=CCOCNC(=O)CC. The summed E-state index contributed by atoms with van der Waals surface area (Å²) in [6.45, 7) is 6.01. The number of carbonyl (C=O) groups is 1. The minimum Gasteiger partial charge on any atom is -0.357 e. The molecule has 3 nitrogen and oxygen atoms in total. The van der Waals surface area contributed by atoms with Crippen molar-refractivity contribution in [3.05, 3.63) is 12.7 Å². The van der Waals surface area contributed by atoms with Crippen LogP contribution in [0.5, 0.6) is 0 Å². The van der Waals surface area contributed by atoms with Gasteiger partial charge in [-0.2, -0.15) is 0 Å². The molecule has 0 saturated heterocycles. The predicted octanol–water partition coefficient (Wildman–Crippen LogP) is 0.673. The van der Waals surface area contributed by atoms with E-state index in [1.165, 1.54) is 0 Å². The van der Waals surface area contributed by atoms with Gasteiger partial charge in [-0.05, 0) is 0 Å². The van der Waals surface area contributed by atoms with Crippen LogP contribution < -0.4 is 5.32 Å². The molecular weight excluding hydrogens is 130 g/mol. The van der Waals surface area contributed by atoms with Gasteiger partial charge < -0.3 is 10.1 Å². The van der Waals surface area contributed by atoms with E-state index in [2.05, 4.69) is 11.9 Å². The lowest BCUT2D eigenvalue weighted by Gasteiger charge is -2.01. The normalized spacial score (nSPS) is 8.90. The second-order valence-electron chi connectivity index (χ2n) is 1.76. The van der Waals surface area contributed by atoms with E-state index in [9.17, 15) is 4.79 Å². The van der Waals surface area contributed by atoms with Crippen molar-refractivity contribution in [3.63, 3.8) is 0 Å². The minimum absolute atomic E-state index is 0.00376. The highest BCUT2D eigenvalue weighted by atomic mass is 16.5. The van der Waals surface area contributed by atoms with Crippen LogP contribution in [0.3, 0.4) is 0 Å². The van der Waals surface area contributed by atoms with Crippen LogP contribution in [0.25, 0.3) is 0 Å². The maximum Gasteiger partial charge on any atom is 0.221 e. The van der Waals surface area contributed by atoms with Crippen molar-refractivity contribution in [2.75, 3.05) is 13.3 Å². The third kappa shape index (κ3) is 5.31. The Morgan fingerprint density at radius 1 is 1.80 bits per heavy atom. The van der Waals surface area contributed by atoms with Crippen LogP contribution in [0.15, 0.2) is 12.7 Å². The van der Waals surface area contributed by atoms with Crippen molar-refractivity contribution in [3.8, 4) is 0 Å². The van der Waals surface area contributed by atoms with Crippen LogP contribution in [0.2, 0.25) is 0 Å². The van der Waals surface area contributed by atoms with E-state index in [1.54, 1.807) is 13.0 Å². The molecular formula is C7H13NO2. The van der Waals surface area contributed by atoms with Crippen LogP contribution >= 0.6 is 0 Å². The molecule has 0 radical (unpaired) electrons. The molecule has 0 spiro atoms. The van der Waals surface area contributed by atoms with E-state index >= 15 is 0 Å². The number of hydrogen-bond acceptors (Lipinski definition) is 2. The fourth-order valence-electron chi connectivity index (χ4n) is 0.399. The van der Waals surface area contributed by atoms with E-state index in [1.807, 2.05) is 0 Å². The van der Waals surface area contributed by atoms with Crippen LogP contribution in [0.4, 0.5) is 0 Å². The molecule has 10 heavy (non-hydrogen) atoms. The Hall–Kier alpha value is -0.830. The lowest BCUT2D eigenvalue weighted by molar-refractivity contribution is -0.122. The first-order valence-electron chi connectivity index (χ1n) is 3.26. The van der Waals surface area contributed by atoms with Crippen LogP contribution in [0.1, 0.15) is 13.3 Å². The van der Waals surface area contributed by atoms with Crippen LogP contribution in [-0.4, -0.2) is 19.2 Å². The predicted molar refractivity (Wildman–Crippen MR) is 39.4 cm³/mol. The van der Waals surface area contributed by atoms with Gasteiger partial charge in [0, 0.05) is 6.42 Å². The maximum atomic E-state index is 10.6. The van der Waals surface area contributed by atoms with Gasteiger partial charge in [-0.15, -0.1) is 6.58 Å². The van der Waals surface area contributed by atoms with Crippen LogP contribution in [0, 0.1) is 0 Å². The Bertz CT molecular complexity index is 112. The zero-order valence-electron chi connectivity index (χ0n) is 6.22. The average molecular weight is 143 g/mol. The molecule has 0 fully saturated rings. The standard InChI is InChI=1S/C7H13NO2/c1-3-5-10-6-8-7(9)4-2/h3H,1,4-6H2,2H3,(H,8,9). The van der Waals surface area contributed by atoms with E-state index in [0.29, 0.717) is 13.0 Å². The van der Waals surface area contributed by atoms with Gasteiger partial charge in [0.2, 0.25) is 5.91 Å². The topological polar surface area (TPSA) is 38.3 Å². The number of ether oxygens (including phenoxy) is 1. The van der Waals surface area contributed by atoms with Gasteiger partial charge in [0.15, 0.2) is 0 Å². The Labute approximate surface area is 61.1 Å². The Kier molecular flexibility index (Phi) is 5.77. The molecule has 0 aliphatic carbocycles. The average Bonchev–Trinajstić information content (AvgIpc) is 1.98. The van der Waals surface area contributed by atoms with Gasteiger partial charge in [-0.1, -0.05) is 13.0 Å². The number of carbonyl (C=O) groups excluding carboxylic acids is 1. The smallest absolute Gasteiger partial charge is 0.221 e. The Morgan fingerprint density at radius 2 is 2.50 bits per heavy atom. The highest BCUT2D eigenvalue weighted by Gasteiger charge is 1.92. The van der Waals surface area contributed by atoms with Gasteiger partial charge >= 0.3 is 0 Å². The van der Waals surface area contributed by atoms with Crippen molar-refractivity contribution >= 4 is 5.91 Å². The van der Waals surface area contributed by atoms with Crippen molar-refractivity contribution in [2.24, 2.45) is 0 Å². The third-order valence-electron chi connectivity index (χ3n) is 0.928. The number of amides is 1. The lowest BCUT2D eigenvalue weighted by atomic mass is 10.5. The molecule has 0 rings (SSSR count). The summed E-state index contributed by atoms with van der Waals surface area (Å²) in [7, 11) is 0. The number of rotatable bonds is 5. The monoisotopic (exact) mass is 143 g/mol. The fourth-order valence-corrected chi connectivity index (χ4v) is 0.399. The van der Waals surface area contributed by atoms with Crippen molar-refractivity contribution in [1.29, 1.82) is 0 Å². The first-order valence-corrected chi connectivity index (χ1v) is 3.26. The number of hydrogen-bond donors (Lipinski definition) is 1. The Morgan fingerprint density at radius 3 is 3.00 bits per heavy atom. The summed E-state index contributed by atoms with van der Waals surface area (Å²) in [6.07, 6.45) is 2.13. The summed E-state index contributed by atoms with van der Waals surface area (Å²) >= 11 is 0. The maximum absolute atomic E-state index is 10.6. The summed E-state index contributed by atoms with van der Waals surface area (Å²) in [6, 6.07) is 0. The molecule has 0 aromatic rings. The van der Waals surface area contributed by atoms with Crippen LogP contribution in [-0.2, 0) is 9.53 Å². The summed E-state index contributed by atoms with van der Waals surface area (Å²) in [4.78, 5) is 10.6. The molecule has 0 heterocycles. The molecule has 1 amide bonds. The van der Waals surface area contributed by atoms with Gasteiger partial charge in [0.05, 0.1) is 6.61 Å².